The number of fused-ring (bicyclic) bond motifs is 1. The molecule has 0 saturated heterocycles. The molecule has 3 rings (SSSR count). The number of ether oxygens (including phenoxy) is 1. The summed E-state index contributed by atoms with van der Waals surface area (Å²) >= 11 is 4.95. The van der Waals surface area contributed by atoms with Gasteiger partial charge in [-0.15, -0.1) is 11.3 Å². The Morgan fingerprint density at radius 3 is 2.89 bits per heavy atom. The molecule has 1 aromatic carbocycles. The Balaban J connectivity index is 1.95. The van der Waals surface area contributed by atoms with Crippen LogP contribution in [0.15, 0.2) is 28.1 Å². The van der Waals surface area contributed by atoms with Crippen molar-refractivity contribution in [3.63, 3.8) is 0 Å². The molecule has 0 amide bonds. The van der Waals surface area contributed by atoms with Crippen molar-refractivity contribution < 1.29 is 9.53 Å². The summed E-state index contributed by atoms with van der Waals surface area (Å²) in [5, 5.41) is 0. The van der Waals surface area contributed by atoms with Crippen LogP contribution >= 0.6 is 27.3 Å². The smallest absolute Gasteiger partial charge is 0.203 e. The van der Waals surface area contributed by atoms with Crippen LogP contribution < -0.4 is 4.74 Å². The molecular weight excluding hydrogens is 324 g/mol. The van der Waals surface area contributed by atoms with E-state index in [0.717, 1.165) is 37.5 Å². The highest BCUT2D eigenvalue weighted by molar-refractivity contribution is 9.11. The molecule has 1 aliphatic heterocycles. The average Bonchev–Trinajstić information content (AvgIpc) is 2.90. The molecule has 0 aliphatic carbocycles. The topological polar surface area (TPSA) is 26.3 Å². The molecule has 0 saturated carbocycles. The molecule has 4 heteroatoms. The first kappa shape index (κ1) is 12.9. The maximum Gasteiger partial charge on any atom is 0.203 e. The zero-order valence-corrected chi connectivity index (χ0v) is 13.1. The van der Waals surface area contributed by atoms with Gasteiger partial charge < -0.3 is 4.74 Å². The first-order valence-electron chi connectivity index (χ1n) is 6.15. The standard InChI is InChI=1S/C15H13BrO2S/c1-8-5-13(19-15(8)16)14(17)10-3-4-12-11(7-10)6-9(2)18-12/h3-5,7,9H,6H2,1-2H3. The number of carbonyl (C=O) groups excluding carboxylic acids is 1. The second-order valence-electron chi connectivity index (χ2n) is 4.85. The number of benzene rings is 1. The largest absolute Gasteiger partial charge is 0.490 e. The van der Waals surface area contributed by atoms with Crippen molar-refractivity contribution >= 4 is 33.0 Å². The van der Waals surface area contributed by atoms with Crippen molar-refractivity contribution in [3.05, 3.63) is 49.6 Å². The molecule has 98 valence electrons. The Labute approximate surface area is 124 Å². The minimum Gasteiger partial charge on any atom is -0.490 e. The van der Waals surface area contributed by atoms with Crippen LogP contribution in [0.1, 0.15) is 33.3 Å². The zero-order chi connectivity index (χ0) is 13.6. The molecule has 0 fully saturated rings. The van der Waals surface area contributed by atoms with Gasteiger partial charge in [0.05, 0.1) is 8.66 Å². The third-order valence-corrected chi connectivity index (χ3v) is 5.37. The fraction of sp³-hybridized carbons (Fsp3) is 0.267. The predicted molar refractivity (Wildman–Crippen MR) is 80.4 cm³/mol. The van der Waals surface area contributed by atoms with Crippen LogP contribution in [0.3, 0.4) is 0 Å². The average molecular weight is 337 g/mol. The molecule has 1 aliphatic rings. The number of hydrogen-bond acceptors (Lipinski definition) is 3. The van der Waals surface area contributed by atoms with Crippen molar-refractivity contribution in [2.24, 2.45) is 0 Å². The maximum atomic E-state index is 12.4. The number of rotatable bonds is 2. The van der Waals surface area contributed by atoms with E-state index in [4.69, 9.17) is 4.74 Å². The fourth-order valence-corrected chi connectivity index (χ4v) is 3.77. The van der Waals surface area contributed by atoms with Crippen molar-refractivity contribution in [3.8, 4) is 5.75 Å². The minimum absolute atomic E-state index is 0.0844. The number of halogens is 1. The summed E-state index contributed by atoms with van der Waals surface area (Å²) < 4.78 is 6.68. The molecule has 2 aromatic rings. The lowest BCUT2D eigenvalue weighted by Gasteiger charge is -2.03. The molecule has 1 unspecified atom stereocenters. The summed E-state index contributed by atoms with van der Waals surface area (Å²) in [7, 11) is 0. The van der Waals surface area contributed by atoms with E-state index >= 15 is 0 Å². The number of thiophene rings is 1. The normalized spacial score (nSPS) is 17.1. The number of carbonyl (C=O) groups is 1. The summed E-state index contributed by atoms with van der Waals surface area (Å²) in [6.45, 7) is 4.04. The summed E-state index contributed by atoms with van der Waals surface area (Å²) in [5.41, 5.74) is 2.97. The first-order valence-corrected chi connectivity index (χ1v) is 7.76. The van der Waals surface area contributed by atoms with Gasteiger partial charge in [0.15, 0.2) is 0 Å². The summed E-state index contributed by atoms with van der Waals surface area (Å²) in [6, 6.07) is 7.65. The second-order valence-corrected chi connectivity index (χ2v) is 7.22. The van der Waals surface area contributed by atoms with Gasteiger partial charge in [-0.1, -0.05) is 0 Å². The molecule has 0 bridgehead atoms. The molecule has 1 atom stereocenters. The van der Waals surface area contributed by atoms with E-state index < -0.39 is 0 Å². The monoisotopic (exact) mass is 336 g/mol. The van der Waals surface area contributed by atoms with E-state index in [9.17, 15) is 4.79 Å². The zero-order valence-electron chi connectivity index (χ0n) is 10.7. The van der Waals surface area contributed by atoms with Crippen molar-refractivity contribution in [2.75, 3.05) is 0 Å². The molecule has 0 N–H and O–H groups in total. The van der Waals surface area contributed by atoms with Crippen molar-refractivity contribution in [2.45, 2.75) is 26.4 Å². The number of aryl methyl sites for hydroxylation is 1. The molecule has 2 nitrogen and oxygen atoms in total. The van der Waals surface area contributed by atoms with Gasteiger partial charge in [0.1, 0.15) is 11.9 Å². The lowest BCUT2D eigenvalue weighted by molar-refractivity contribution is 0.104. The van der Waals surface area contributed by atoms with E-state index in [1.54, 1.807) is 0 Å². The predicted octanol–water partition coefficient (Wildman–Crippen LogP) is 4.37. The Kier molecular flexibility index (Phi) is 3.23. The Morgan fingerprint density at radius 1 is 1.42 bits per heavy atom. The van der Waals surface area contributed by atoms with E-state index in [-0.39, 0.29) is 11.9 Å². The fourth-order valence-electron chi connectivity index (χ4n) is 2.28. The summed E-state index contributed by atoms with van der Waals surface area (Å²) in [5.74, 6) is 0.994. The lowest BCUT2D eigenvalue weighted by atomic mass is 10.0. The molecule has 19 heavy (non-hydrogen) atoms. The highest BCUT2D eigenvalue weighted by atomic mass is 79.9. The highest BCUT2D eigenvalue weighted by Crippen LogP contribution is 2.32. The van der Waals surface area contributed by atoms with Gasteiger partial charge in [-0.25, -0.2) is 0 Å². The van der Waals surface area contributed by atoms with Gasteiger partial charge in [0.2, 0.25) is 5.78 Å². The molecule has 1 aromatic heterocycles. The summed E-state index contributed by atoms with van der Waals surface area (Å²) in [4.78, 5) is 13.2. The van der Waals surface area contributed by atoms with Crippen LogP contribution in [0.5, 0.6) is 5.75 Å². The van der Waals surface area contributed by atoms with E-state index in [1.165, 1.54) is 11.3 Å². The molecule has 0 radical (unpaired) electrons. The van der Waals surface area contributed by atoms with E-state index in [0.29, 0.717) is 0 Å². The van der Waals surface area contributed by atoms with Crippen molar-refractivity contribution in [1.82, 2.24) is 0 Å². The van der Waals surface area contributed by atoms with Crippen molar-refractivity contribution in [1.29, 1.82) is 0 Å². The van der Waals surface area contributed by atoms with Gasteiger partial charge in [0.25, 0.3) is 0 Å². The molecule has 0 spiro atoms. The van der Waals surface area contributed by atoms with Crippen LogP contribution in [0.4, 0.5) is 0 Å². The van der Waals surface area contributed by atoms with Crippen LogP contribution in [0.25, 0.3) is 0 Å². The SMILES string of the molecule is Cc1cc(C(=O)c2ccc3c(c2)CC(C)O3)sc1Br. The summed E-state index contributed by atoms with van der Waals surface area (Å²) in [6.07, 6.45) is 1.09. The van der Waals surface area contributed by atoms with E-state index in [1.807, 2.05) is 38.1 Å². The van der Waals surface area contributed by atoms with Gasteiger partial charge in [0, 0.05) is 12.0 Å². The minimum atomic E-state index is 0.0844. The van der Waals surface area contributed by atoms with Crippen LogP contribution in [-0.4, -0.2) is 11.9 Å². The third kappa shape index (κ3) is 2.35. The Hall–Kier alpha value is -1.13. The van der Waals surface area contributed by atoms with Gasteiger partial charge >= 0.3 is 0 Å². The number of hydrogen-bond donors (Lipinski definition) is 0. The van der Waals surface area contributed by atoms with E-state index in [2.05, 4.69) is 15.9 Å². The van der Waals surface area contributed by atoms with Crippen LogP contribution in [-0.2, 0) is 6.42 Å². The second kappa shape index (κ2) is 4.76. The van der Waals surface area contributed by atoms with Gasteiger partial charge in [-0.05, 0) is 65.2 Å². The number of ketones is 1. The Bertz CT molecular complexity index is 641. The molecular formula is C15H13BrO2S. The third-order valence-electron chi connectivity index (χ3n) is 3.24. The molecule has 2 heterocycles. The van der Waals surface area contributed by atoms with Gasteiger partial charge in [-0.2, -0.15) is 0 Å². The maximum absolute atomic E-state index is 12.4. The lowest BCUT2D eigenvalue weighted by Crippen LogP contribution is -2.05. The Morgan fingerprint density at radius 2 is 2.21 bits per heavy atom. The van der Waals surface area contributed by atoms with Crippen LogP contribution in [0, 0.1) is 6.92 Å². The van der Waals surface area contributed by atoms with Gasteiger partial charge in [-0.3, -0.25) is 4.79 Å². The highest BCUT2D eigenvalue weighted by Gasteiger charge is 2.21. The van der Waals surface area contributed by atoms with Crippen LogP contribution in [0.2, 0.25) is 0 Å². The quantitative estimate of drug-likeness (QED) is 0.761. The first-order chi connectivity index (χ1) is 9.04.